The van der Waals surface area contributed by atoms with Crippen molar-refractivity contribution in [2.24, 2.45) is 11.8 Å². The Morgan fingerprint density at radius 1 is 0.769 bits per heavy atom. The van der Waals surface area contributed by atoms with Crippen molar-refractivity contribution in [3.63, 3.8) is 0 Å². The molecule has 0 aromatic carbocycles. The number of nitrogens with zero attached hydrogens (tertiary/aromatic N) is 2. The average Bonchev–Trinajstić information content (AvgIpc) is 3.08. The summed E-state index contributed by atoms with van der Waals surface area (Å²) in [6.45, 7) is 2.91. The van der Waals surface area contributed by atoms with E-state index in [1.807, 2.05) is 9.80 Å². The first-order valence-corrected chi connectivity index (χ1v) is 10.1. The van der Waals surface area contributed by atoms with E-state index in [1.54, 1.807) is 0 Å². The fourth-order valence-corrected chi connectivity index (χ4v) is 4.52. The van der Waals surface area contributed by atoms with Gasteiger partial charge in [-0.25, -0.2) is 4.79 Å². The molecule has 0 radical (unpaired) electrons. The molecule has 3 amide bonds. The number of likely N-dealkylation sites (tertiary alicyclic amines) is 2. The second-order valence-corrected chi connectivity index (χ2v) is 7.94. The van der Waals surface area contributed by atoms with Gasteiger partial charge in [0.05, 0.1) is 5.92 Å². The van der Waals surface area contributed by atoms with Crippen LogP contribution in [-0.4, -0.2) is 65.0 Å². The van der Waals surface area contributed by atoms with E-state index in [1.165, 1.54) is 0 Å². The number of nitrogens with one attached hydrogen (secondary N) is 1. The molecule has 2 N–H and O–H groups in total. The van der Waals surface area contributed by atoms with Gasteiger partial charge < -0.3 is 20.2 Å². The minimum Gasteiger partial charge on any atom is -0.481 e. The highest BCUT2D eigenvalue weighted by atomic mass is 16.4. The van der Waals surface area contributed by atoms with Crippen LogP contribution in [-0.2, 0) is 9.59 Å². The topological polar surface area (TPSA) is 90.0 Å². The molecule has 7 heteroatoms. The molecule has 146 valence electrons. The quantitative estimate of drug-likeness (QED) is 0.749. The Morgan fingerprint density at radius 3 is 2.04 bits per heavy atom. The summed E-state index contributed by atoms with van der Waals surface area (Å²) < 4.78 is 0. The smallest absolute Gasteiger partial charge is 0.319 e. The summed E-state index contributed by atoms with van der Waals surface area (Å²) in [5.41, 5.74) is 0. The van der Waals surface area contributed by atoms with Crippen LogP contribution in [0.1, 0.15) is 57.8 Å². The number of urea groups is 1. The van der Waals surface area contributed by atoms with Crippen molar-refractivity contribution < 1.29 is 19.5 Å². The third kappa shape index (κ3) is 4.48. The van der Waals surface area contributed by atoms with Gasteiger partial charge in [0.25, 0.3) is 0 Å². The van der Waals surface area contributed by atoms with Crippen molar-refractivity contribution in [2.75, 3.05) is 26.2 Å². The summed E-state index contributed by atoms with van der Waals surface area (Å²) in [7, 11) is 0. The minimum atomic E-state index is -0.803. The summed E-state index contributed by atoms with van der Waals surface area (Å²) >= 11 is 0. The molecule has 3 rings (SSSR count). The number of rotatable bonds is 3. The fourth-order valence-electron chi connectivity index (χ4n) is 4.52. The number of hydrogen-bond acceptors (Lipinski definition) is 3. The Kier molecular flexibility index (Phi) is 6.38. The van der Waals surface area contributed by atoms with Crippen molar-refractivity contribution in [1.82, 2.24) is 15.1 Å². The molecule has 2 atom stereocenters. The second kappa shape index (κ2) is 8.73. The molecule has 1 aliphatic carbocycles. The third-order valence-electron chi connectivity index (χ3n) is 6.17. The maximum atomic E-state index is 12.7. The molecule has 26 heavy (non-hydrogen) atoms. The third-order valence-corrected chi connectivity index (χ3v) is 6.17. The number of carbonyl (C=O) groups is 3. The van der Waals surface area contributed by atoms with Crippen molar-refractivity contribution in [3.8, 4) is 0 Å². The Labute approximate surface area is 155 Å². The van der Waals surface area contributed by atoms with Crippen LogP contribution in [0.5, 0.6) is 0 Å². The van der Waals surface area contributed by atoms with Gasteiger partial charge in [0.1, 0.15) is 0 Å². The van der Waals surface area contributed by atoms with E-state index in [9.17, 15) is 19.5 Å². The first-order chi connectivity index (χ1) is 12.6. The Bertz CT molecular complexity index is 525. The highest BCUT2D eigenvalue weighted by Gasteiger charge is 2.34. The first kappa shape index (κ1) is 19.0. The molecule has 2 heterocycles. The largest absolute Gasteiger partial charge is 0.481 e. The number of aliphatic carboxylic acids is 1. The number of carboxylic acids is 1. The van der Waals surface area contributed by atoms with E-state index in [-0.39, 0.29) is 23.9 Å². The van der Waals surface area contributed by atoms with Gasteiger partial charge in [-0.05, 0) is 38.5 Å². The number of piperidine rings is 1. The Hall–Kier alpha value is -1.79. The highest BCUT2D eigenvalue weighted by Crippen LogP contribution is 2.26. The predicted molar refractivity (Wildman–Crippen MR) is 96.6 cm³/mol. The lowest BCUT2D eigenvalue weighted by atomic mass is 9.92. The molecule has 0 aromatic rings. The zero-order chi connectivity index (χ0) is 18.5. The number of amides is 3. The molecule has 0 spiro atoms. The molecule has 0 unspecified atom stereocenters. The van der Waals surface area contributed by atoms with E-state index >= 15 is 0 Å². The Morgan fingerprint density at radius 2 is 1.38 bits per heavy atom. The van der Waals surface area contributed by atoms with Crippen LogP contribution in [0.3, 0.4) is 0 Å². The van der Waals surface area contributed by atoms with E-state index < -0.39 is 11.9 Å². The summed E-state index contributed by atoms with van der Waals surface area (Å²) in [6.07, 6.45) is 7.79. The summed E-state index contributed by atoms with van der Waals surface area (Å²) in [5.74, 6) is -1.42. The van der Waals surface area contributed by atoms with Crippen LogP contribution in [0.15, 0.2) is 0 Å². The predicted octanol–water partition coefficient (Wildman–Crippen LogP) is 2.06. The minimum absolute atomic E-state index is 0.0311. The normalized spacial score (nSPS) is 27.8. The number of carbonyl (C=O) groups excluding carboxylic acids is 2. The maximum Gasteiger partial charge on any atom is 0.319 e. The summed E-state index contributed by atoms with van der Waals surface area (Å²) in [4.78, 5) is 40.4. The molecule has 2 aliphatic heterocycles. The van der Waals surface area contributed by atoms with Crippen molar-refractivity contribution >= 4 is 17.9 Å². The van der Waals surface area contributed by atoms with Gasteiger partial charge in [0, 0.05) is 38.1 Å². The summed E-state index contributed by atoms with van der Waals surface area (Å²) in [5, 5.41) is 12.5. The van der Waals surface area contributed by atoms with E-state index in [4.69, 9.17) is 0 Å². The number of hydrogen-bond donors (Lipinski definition) is 2. The fraction of sp³-hybridized carbons (Fsp3) is 0.842. The molecule has 7 nitrogen and oxygen atoms in total. The van der Waals surface area contributed by atoms with Gasteiger partial charge >= 0.3 is 12.0 Å². The molecule has 0 aromatic heterocycles. The van der Waals surface area contributed by atoms with Crippen molar-refractivity contribution in [2.45, 2.75) is 63.8 Å². The first-order valence-electron chi connectivity index (χ1n) is 10.1. The van der Waals surface area contributed by atoms with Gasteiger partial charge in [-0.2, -0.15) is 0 Å². The van der Waals surface area contributed by atoms with E-state index in [0.29, 0.717) is 32.4 Å². The molecule has 3 fully saturated rings. The Balaban J connectivity index is 1.49. The van der Waals surface area contributed by atoms with E-state index in [2.05, 4.69) is 5.32 Å². The standard InChI is InChI=1S/C19H31N3O4/c23-17(20-16-7-3-1-2-6-15(16)18(24)25)14-8-12-22(13-9-14)19(26)21-10-4-5-11-21/h14-16H,1-13H2,(H,20,23)(H,24,25)/t15-,16+/m1/s1. The van der Waals surface area contributed by atoms with Crippen LogP contribution >= 0.6 is 0 Å². The van der Waals surface area contributed by atoms with Crippen LogP contribution < -0.4 is 5.32 Å². The van der Waals surface area contributed by atoms with Crippen molar-refractivity contribution in [3.05, 3.63) is 0 Å². The lowest BCUT2D eigenvalue weighted by Crippen LogP contribution is -2.50. The highest BCUT2D eigenvalue weighted by molar-refractivity contribution is 5.81. The second-order valence-electron chi connectivity index (χ2n) is 7.94. The molecule has 2 saturated heterocycles. The SMILES string of the molecule is O=C(N[C@H]1CCCCC[C@H]1C(=O)O)C1CCN(C(=O)N2CCCC2)CC1. The van der Waals surface area contributed by atoms with Crippen molar-refractivity contribution in [1.29, 1.82) is 0 Å². The van der Waals surface area contributed by atoms with Crippen LogP contribution in [0.4, 0.5) is 4.79 Å². The molecule has 3 aliphatic rings. The van der Waals surface area contributed by atoms with Gasteiger partial charge in [0.2, 0.25) is 5.91 Å². The lowest BCUT2D eigenvalue weighted by Gasteiger charge is -2.34. The molecular formula is C19H31N3O4. The monoisotopic (exact) mass is 365 g/mol. The average molecular weight is 365 g/mol. The van der Waals surface area contributed by atoms with Crippen LogP contribution in [0.2, 0.25) is 0 Å². The summed E-state index contributed by atoms with van der Waals surface area (Å²) in [6, 6.07) is -0.150. The van der Waals surface area contributed by atoms with Gasteiger partial charge in [0.15, 0.2) is 0 Å². The van der Waals surface area contributed by atoms with Gasteiger partial charge in [-0.1, -0.05) is 19.3 Å². The molecule has 1 saturated carbocycles. The molecular weight excluding hydrogens is 334 g/mol. The van der Waals surface area contributed by atoms with Crippen LogP contribution in [0, 0.1) is 11.8 Å². The maximum absolute atomic E-state index is 12.7. The zero-order valence-electron chi connectivity index (χ0n) is 15.5. The molecule has 0 bridgehead atoms. The lowest BCUT2D eigenvalue weighted by molar-refractivity contribution is -0.143. The zero-order valence-corrected chi connectivity index (χ0v) is 15.5. The van der Waals surface area contributed by atoms with Gasteiger partial charge in [-0.15, -0.1) is 0 Å². The van der Waals surface area contributed by atoms with Crippen LogP contribution in [0.25, 0.3) is 0 Å². The number of carboxylic acid groups (broad SMARTS) is 1. The van der Waals surface area contributed by atoms with E-state index in [0.717, 1.165) is 51.6 Å². The van der Waals surface area contributed by atoms with Gasteiger partial charge in [-0.3, -0.25) is 9.59 Å².